The zero-order valence-corrected chi connectivity index (χ0v) is 24.8. The maximum Gasteiger partial charge on any atom is 0.240 e. The Kier molecular flexibility index (Phi) is 8.12. The molecule has 0 aromatic heterocycles. The Balaban J connectivity index is 1.25. The van der Waals surface area contributed by atoms with Gasteiger partial charge in [-0.2, -0.15) is 0 Å². The smallest absolute Gasteiger partial charge is 0.240 e. The normalized spacial score (nSPS) is 43.6. The maximum atomic E-state index is 12.6. The highest BCUT2D eigenvalue weighted by atomic mass is 32.2. The average Bonchev–Trinajstić information content (AvgIpc) is 3.25. The molecule has 0 aliphatic heterocycles. The van der Waals surface area contributed by atoms with E-state index >= 15 is 0 Å². The average molecular weight is 546 g/mol. The van der Waals surface area contributed by atoms with Crippen LogP contribution in [0.25, 0.3) is 0 Å². The fourth-order valence-electron chi connectivity index (χ4n) is 10.4. The molecular formula is C32H51NO4S. The largest absolute Gasteiger partial charge is 0.393 e. The van der Waals surface area contributed by atoms with E-state index in [1.165, 1.54) is 25.7 Å². The van der Waals surface area contributed by atoms with Gasteiger partial charge >= 0.3 is 0 Å². The van der Waals surface area contributed by atoms with Crippen molar-refractivity contribution in [2.45, 2.75) is 109 Å². The molecule has 0 spiro atoms. The van der Waals surface area contributed by atoms with Crippen LogP contribution in [0, 0.1) is 52.3 Å². The topological polar surface area (TPSA) is 86.6 Å². The first-order chi connectivity index (χ1) is 18.0. The van der Waals surface area contributed by atoms with E-state index in [4.69, 9.17) is 0 Å². The van der Waals surface area contributed by atoms with Gasteiger partial charge in [-0.1, -0.05) is 52.3 Å². The molecule has 5 nitrogen and oxygen atoms in total. The van der Waals surface area contributed by atoms with Crippen molar-refractivity contribution in [3.63, 3.8) is 0 Å². The van der Waals surface area contributed by atoms with Crippen LogP contribution in [0.3, 0.4) is 0 Å². The summed E-state index contributed by atoms with van der Waals surface area (Å²) in [7, 11) is -3.45. The molecule has 214 valence electrons. The van der Waals surface area contributed by atoms with Gasteiger partial charge in [-0.15, -0.1) is 0 Å². The van der Waals surface area contributed by atoms with Crippen LogP contribution in [0.15, 0.2) is 35.2 Å². The summed E-state index contributed by atoms with van der Waals surface area (Å²) >= 11 is 0. The van der Waals surface area contributed by atoms with Crippen LogP contribution >= 0.6 is 0 Å². The Bertz CT molecular complexity index is 1060. The van der Waals surface area contributed by atoms with Crippen molar-refractivity contribution < 1.29 is 18.6 Å². The van der Waals surface area contributed by atoms with E-state index in [1.54, 1.807) is 24.3 Å². The van der Waals surface area contributed by atoms with Gasteiger partial charge in [0.1, 0.15) is 0 Å². The zero-order chi connectivity index (χ0) is 27.3. The van der Waals surface area contributed by atoms with E-state index < -0.39 is 10.0 Å². The first-order valence-corrected chi connectivity index (χ1v) is 16.9. The van der Waals surface area contributed by atoms with Crippen LogP contribution in [-0.4, -0.2) is 37.4 Å². The number of fused-ring (bicyclic) bond motifs is 5. The van der Waals surface area contributed by atoms with Gasteiger partial charge in [0.2, 0.25) is 10.0 Å². The zero-order valence-electron chi connectivity index (χ0n) is 24.0. The molecule has 4 aliphatic rings. The third-order valence-electron chi connectivity index (χ3n) is 12.3. The van der Waals surface area contributed by atoms with Gasteiger partial charge in [-0.05, 0) is 122 Å². The van der Waals surface area contributed by atoms with Crippen LogP contribution in [0.1, 0.15) is 91.9 Å². The number of aliphatic hydroxyl groups is 2. The number of nitrogens with one attached hydrogen (secondary N) is 1. The molecule has 4 unspecified atom stereocenters. The van der Waals surface area contributed by atoms with Crippen molar-refractivity contribution in [2.75, 3.05) is 6.54 Å². The quantitative estimate of drug-likeness (QED) is 0.349. The first-order valence-electron chi connectivity index (χ1n) is 15.4. The summed E-state index contributed by atoms with van der Waals surface area (Å²) in [6.45, 7) is 10.1. The van der Waals surface area contributed by atoms with Crippen molar-refractivity contribution in [1.29, 1.82) is 0 Å². The lowest BCUT2D eigenvalue weighted by Crippen LogP contribution is -2.62. The van der Waals surface area contributed by atoms with Gasteiger partial charge in [-0.3, -0.25) is 0 Å². The Hall–Kier alpha value is -0.950. The van der Waals surface area contributed by atoms with Gasteiger partial charge < -0.3 is 10.2 Å². The van der Waals surface area contributed by atoms with E-state index in [9.17, 15) is 18.6 Å². The number of rotatable bonds is 8. The third kappa shape index (κ3) is 4.80. The molecule has 11 atom stereocenters. The molecule has 0 saturated heterocycles. The Labute approximate surface area is 231 Å². The van der Waals surface area contributed by atoms with E-state index in [2.05, 4.69) is 32.4 Å². The van der Waals surface area contributed by atoms with Gasteiger partial charge in [0, 0.05) is 6.54 Å². The summed E-state index contributed by atoms with van der Waals surface area (Å²) in [4.78, 5) is 0.329. The summed E-state index contributed by atoms with van der Waals surface area (Å²) in [5, 5.41) is 22.4. The van der Waals surface area contributed by atoms with E-state index in [-0.39, 0.29) is 23.0 Å². The molecule has 3 N–H and O–H groups in total. The molecule has 6 heteroatoms. The summed E-state index contributed by atoms with van der Waals surface area (Å²) in [6.07, 6.45) is 10.2. The second kappa shape index (κ2) is 10.8. The molecule has 0 heterocycles. The predicted octanol–water partition coefficient (Wildman–Crippen LogP) is 6.01. The summed E-state index contributed by atoms with van der Waals surface area (Å²) < 4.78 is 28.0. The van der Waals surface area contributed by atoms with Crippen molar-refractivity contribution in [3.8, 4) is 0 Å². The molecule has 0 amide bonds. The molecule has 0 radical (unpaired) electrons. The molecule has 5 rings (SSSR count). The lowest BCUT2D eigenvalue weighted by Gasteiger charge is -2.64. The highest BCUT2D eigenvalue weighted by Crippen LogP contribution is 2.69. The Morgan fingerprint density at radius 1 is 0.974 bits per heavy atom. The second-order valence-corrected chi connectivity index (χ2v) is 15.7. The SMILES string of the molecule is CC[C@@H]1C2C[C@H](O)CCC2(C)[C@H]2CCC3(C)C([C@H](C)CCCNS(=O)(=O)c4ccccc4)CC[C@H]3[C@@H]2[C@@H]1O. The fourth-order valence-corrected chi connectivity index (χ4v) is 11.5. The van der Waals surface area contributed by atoms with E-state index in [1.807, 2.05) is 6.07 Å². The molecule has 1 aromatic rings. The Morgan fingerprint density at radius 3 is 2.37 bits per heavy atom. The van der Waals surface area contributed by atoms with Crippen LogP contribution in [-0.2, 0) is 10.0 Å². The summed E-state index contributed by atoms with van der Waals surface area (Å²) in [5.41, 5.74) is 0.492. The summed E-state index contributed by atoms with van der Waals surface area (Å²) in [5.74, 6) is 3.42. The molecule has 4 aliphatic carbocycles. The van der Waals surface area contributed by atoms with Gasteiger partial charge in [0.25, 0.3) is 0 Å². The highest BCUT2D eigenvalue weighted by molar-refractivity contribution is 7.89. The van der Waals surface area contributed by atoms with Gasteiger partial charge in [0.15, 0.2) is 0 Å². The minimum absolute atomic E-state index is 0.200. The van der Waals surface area contributed by atoms with Crippen LogP contribution in [0.4, 0.5) is 0 Å². The first kappa shape index (κ1) is 28.6. The number of hydrogen-bond donors (Lipinski definition) is 3. The predicted molar refractivity (Wildman–Crippen MR) is 152 cm³/mol. The third-order valence-corrected chi connectivity index (χ3v) is 13.8. The minimum atomic E-state index is -3.45. The van der Waals surface area contributed by atoms with Gasteiger partial charge in [-0.25, -0.2) is 13.1 Å². The van der Waals surface area contributed by atoms with Crippen molar-refractivity contribution in [2.24, 2.45) is 52.3 Å². The minimum Gasteiger partial charge on any atom is -0.393 e. The van der Waals surface area contributed by atoms with E-state index in [0.29, 0.717) is 52.9 Å². The molecule has 4 saturated carbocycles. The van der Waals surface area contributed by atoms with Crippen molar-refractivity contribution >= 4 is 10.0 Å². The number of benzene rings is 1. The Morgan fingerprint density at radius 2 is 1.66 bits per heavy atom. The highest BCUT2D eigenvalue weighted by Gasteiger charge is 2.64. The summed E-state index contributed by atoms with van der Waals surface area (Å²) in [6, 6.07) is 8.62. The maximum absolute atomic E-state index is 12.6. The van der Waals surface area contributed by atoms with Crippen LogP contribution in [0.2, 0.25) is 0 Å². The molecular weight excluding hydrogens is 494 g/mol. The van der Waals surface area contributed by atoms with Crippen molar-refractivity contribution in [3.05, 3.63) is 30.3 Å². The van der Waals surface area contributed by atoms with Crippen LogP contribution in [0.5, 0.6) is 0 Å². The van der Waals surface area contributed by atoms with Crippen LogP contribution < -0.4 is 4.72 Å². The molecule has 0 bridgehead atoms. The van der Waals surface area contributed by atoms with E-state index in [0.717, 1.165) is 38.5 Å². The molecule has 1 aromatic carbocycles. The fraction of sp³-hybridized carbons (Fsp3) is 0.812. The lowest BCUT2D eigenvalue weighted by molar-refractivity contribution is -0.203. The number of aliphatic hydroxyl groups excluding tert-OH is 2. The number of hydrogen-bond acceptors (Lipinski definition) is 4. The lowest BCUT2D eigenvalue weighted by atomic mass is 9.41. The standard InChI is InChI=1S/C32H51NO4S/c1-5-24-28-20-22(34)15-17-32(28,4)27-16-18-31(3)25(13-14-26(31)29(27)30(24)35)21(2)10-9-19-33-38(36,37)23-11-7-6-8-12-23/h6-8,11-12,21-22,24-30,33-35H,5,9-10,13-20H2,1-4H3/t21-,22-,24-,25?,26+,27+,28?,29+,30-,31?,32?/m1/s1. The molecule has 4 fully saturated rings. The number of sulfonamides is 1. The molecule has 38 heavy (non-hydrogen) atoms. The second-order valence-electron chi connectivity index (χ2n) is 14.0. The van der Waals surface area contributed by atoms with Crippen molar-refractivity contribution in [1.82, 2.24) is 4.72 Å². The monoisotopic (exact) mass is 545 g/mol. The van der Waals surface area contributed by atoms with Gasteiger partial charge in [0.05, 0.1) is 17.1 Å².